The van der Waals surface area contributed by atoms with Gasteiger partial charge in [-0.05, 0) is 43.6 Å². The van der Waals surface area contributed by atoms with E-state index in [1.54, 1.807) is 18.5 Å². The van der Waals surface area contributed by atoms with E-state index in [1.165, 1.54) is 12.4 Å². The number of ether oxygens (including phenoxy) is 1. The Balaban J connectivity index is 1.25. The summed E-state index contributed by atoms with van der Waals surface area (Å²) in [7, 11) is -3.48. The summed E-state index contributed by atoms with van der Waals surface area (Å²) in [6.07, 6.45) is 9.58. The molecule has 3 N–H and O–H groups in total. The molecule has 12 nitrogen and oxygen atoms in total. The van der Waals surface area contributed by atoms with Crippen molar-refractivity contribution in [2.45, 2.75) is 62.9 Å². The van der Waals surface area contributed by atoms with Crippen molar-refractivity contribution in [3.63, 3.8) is 0 Å². The number of aliphatic hydroxyl groups excluding tert-OH is 2. The van der Waals surface area contributed by atoms with Crippen LogP contribution in [0.4, 0.5) is 17.3 Å². The first kappa shape index (κ1) is 28.5. The Morgan fingerprint density at radius 1 is 1.17 bits per heavy atom. The molecule has 1 aliphatic carbocycles. The molecule has 3 aromatic heterocycles. The van der Waals surface area contributed by atoms with Crippen molar-refractivity contribution < 1.29 is 23.4 Å². The highest BCUT2D eigenvalue weighted by Gasteiger charge is 2.37. The zero-order valence-electron chi connectivity index (χ0n) is 23.5. The highest BCUT2D eigenvalue weighted by molar-refractivity contribution is 7.90. The molecule has 2 aliphatic heterocycles. The van der Waals surface area contributed by atoms with Crippen LogP contribution < -0.4 is 10.2 Å². The van der Waals surface area contributed by atoms with E-state index in [4.69, 9.17) is 4.74 Å². The molecule has 0 spiro atoms. The molecule has 6 rings (SSSR count). The highest BCUT2D eigenvalue weighted by atomic mass is 32.2. The Kier molecular flexibility index (Phi) is 7.89. The molecule has 0 bridgehead atoms. The minimum atomic E-state index is -3.48. The van der Waals surface area contributed by atoms with Crippen LogP contribution in [0.1, 0.15) is 51.0 Å². The number of hydrogen-bond acceptors (Lipinski definition) is 11. The predicted molar refractivity (Wildman–Crippen MR) is 157 cm³/mol. The van der Waals surface area contributed by atoms with E-state index in [0.29, 0.717) is 55.3 Å². The number of rotatable bonds is 7. The molecule has 5 heterocycles. The second-order valence-electron chi connectivity index (χ2n) is 11.6. The summed E-state index contributed by atoms with van der Waals surface area (Å²) < 4.78 is 31.8. The van der Waals surface area contributed by atoms with E-state index < -0.39 is 16.1 Å². The summed E-state index contributed by atoms with van der Waals surface area (Å²) in [6.45, 7) is 4.27. The van der Waals surface area contributed by atoms with Gasteiger partial charge in [-0.25, -0.2) is 23.4 Å². The van der Waals surface area contributed by atoms with Gasteiger partial charge in [-0.2, -0.15) is 9.19 Å². The van der Waals surface area contributed by atoms with Crippen LogP contribution in [-0.2, 0) is 14.8 Å². The van der Waals surface area contributed by atoms with Crippen molar-refractivity contribution in [2.24, 2.45) is 5.41 Å². The fourth-order valence-electron chi connectivity index (χ4n) is 5.13. The van der Waals surface area contributed by atoms with Gasteiger partial charge in [-0.15, -0.1) is 0 Å². The Morgan fingerprint density at radius 2 is 1.98 bits per heavy atom. The lowest BCUT2D eigenvalue weighted by Crippen LogP contribution is -2.40. The summed E-state index contributed by atoms with van der Waals surface area (Å²) >= 11 is 0. The van der Waals surface area contributed by atoms with Gasteiger partial charge in [0.15, 0.2) is 5.82 Å². The van der Waals surface area contributed by atoms with Crippen molar-refractivity contribution >= 4 is 27.3 Å². The average Bonchev–Trinajstić information content (AvgIpc) is 3.74. The molecule has 0 amide bonds. The second-order valence-corrected chi connectivity index (χ2v) is 13.7. The zero-order valence-corrected chi connectivity index (χ0v) is 24.3. The minimum absolute atomic E-state index is 0.105. The second kappa shape index (κ2) is 11.6. The van der Waals surface area contributed by atoms with Crippen LogP contribution >= 0.6 is 0 Å². The van der Waals surface area contributed by atoms with Crippen LogP contribution in [-0.4, -0.2) is 86.5 Å². The Hall–Kier alpha value is -3.57. The largest absolute Gasteiger partial charge is 0.396 e. The van der Waals surface area contributed by atoms with Crippen molar-refractivity contribution in [1.82, 2.24) is 24.1 Å². The lowest BCUT2D eigenvalue weighted by Gasteiger charge is -2.39. The molecule has 13 heteroatoms. The molecule has 0 radical (unpaired) electrons. The minimum Gasteiger partial charge on any atom is -0.396 e. The maximum Gasteiger partial charge on any atom is 0.256 e. The molecule has 2 unspecified atom stereocenters. The number of pyridine rings is 1. The van der Waals surface area contributed by atoms with Gasteiger partial charge in [0.25, 0.3) is 10.0 Å². The molecular weight excluding hydrogens is 558 g/mol. The van der Waals surface area contributed by atoms with Crippen molar-refractivity contribution in [2.75, 3.05) is 36.5 Å². The van der Waals surface area contributed by atoms with E-state index in [2.05, 4.69) is 49.0 Å². The topological polar surface area (TPSA) is 156 Å². The van der Waals surface area contributed by atoms with Crippen LogP contribution in [0.15, 0.2) is 36.9 Å². The van der Waals surface area contributed by atoms with Gasteiger partial charge >= 0.3 is 0 Å². The van der Waals surface area contributed by atoms with Gasteiger partial charge in [0, 0.05) is 44.6 Å². The maximum atomic E-state index is 12.5. The van der Waals surface area contributed by atoms with Crippen molar-refractivity contribution in [3.05, 3.63) is 42.5 Å². The zero-order chi connectivity index (χ0) is 29.3. The normalized spacial score (nSPS) is 22.3. The Bertz CT molecular complexity index is 1600. The van der Waals surface area contributed by atoms with E-state index in [0.717, 1.165) is 41.3 Å². The van der Waals surface area contributed by atoms with Crippen LogP contribution in [0, 0.1) is 17.3 Å². The van der Waals surface area contributed by atoms with Crippen LogP contribution in [0.2, 0.25) is 0 Å². The molecule has 1 saturated carbocycles. The van der Waals surface area contributed by atoms with E-state index in [1.807, 2.05) is 6.07 Å². The number of nitrogens with zero attached hydrogens (tertiary/aromatic N) is 6. The van der Waals surface area contributed by atoms with Gasteiger partial charge < -0.3 is 25.2 Å². The number of piperidine rings is 1. The standard InChI is InChI=1S/C29H35N7O5S/c1-29(19-37)8-11-35(12-9-29)25-15-27(31-16-20(25)2-3-23-14-22(38)7-13-41-23)33-26-6-10-30-28(34-26)21-17-32-36(18-21)42(39,40)24-4-5-24/h6,10,15-18,22-24,37-38H,4-5,7-9,11-14,19H2,1H3,(H,30,31,33,34). The maximum absolute atomic E-state index is 12.5. The molecule has 2 atom stereocenters. The molecule has 3 fully saturated rings. The molecule has 2 saturated heterocycles. The molecule has 42 heavy (non-hydrogen) atoms. The number of anilines is 3. The third-order valence-corrected chi connectivity index (χ3v) is 10.2. The molecule has 3 aromatic rings. The van der Waals surface area contributed by atoms with Gasteiger partial charge in [-0.3, -0.25) is 0 Å². The molecule has 3 aliphatic rings. The van der Waals surface area contributed by atoms with E-state index in [-0.39, 0.29) is 23.4 Å². The monoisotopic (exact) mass is 593 g/mol. The number of aromatic nitrogens is 5. The van der Waals surface area contributed by atoms with Crippen LogP contribution in [0.3, 0.4) is 0 Å². The van der Waals surface area contributed by atoms with Gasteiger partial charge in [-0.1, -0.05) is 18.8 Å². The summed E-state index contributed by atoms with van der Waals surface area (Å²) in [6, 6.07) is 3.65. The summed E-state index contributed by atoms with van der Waals surface area (Å²) in [4.78, 5) is 15.7. The van der Waals surface area contributed by atoms with E-state index >= 15 is 0 Å². The van der Waals surface area contributed by atoms with Gasteiger partial charge in [0.2, 0.25) is 0 Å². The third-order valence-electron chi connectivity index (χ3n) is 8.14. The smallest absolute Gasteiger partial charge is 0.256 e. The summed E-state index contributed by atoms with van der Waals surface area (Å²) in [5.74, 6) is 7.79. The SMILES string of the molecule is CC1(CO)CCN(c2cc(Nc3ccnc(-c4cnn(S(=O)(=O)C5CC5)c4)n3)ncc2C#CC2CC(O)CCO2)CC1. The fraction of sp³-hybridized carbons (Fsp3) is 0.517. The number of aliphatic hydroxyl groups is 2. The molecule has 222 valence electrons. The molecular formula is C29H35N7O5S. The molecule has 0 aromatic carbocycles. The van der Waals surface area contributed by atoms with Crippen LogP contribution in [0.5, 0.6) is 0 Å². The average molecular weight is 594 g/mol. The Labute approximate surface area is 245 Å². The third kappa shape index (κ3) is 6.27. The van der Waals surface area contributed by atoms with Gasteiger partial charge in [0.05, 0.1) is 47.2 Å². The highest BCUT2D eigenvalue weighted by Crippen LogP contribution is 2.35. The summed E-state index contributed by atoms with van der Waals surface area (Å²) in [5, 5.41) is 26.8. The first-order chi connectivity index (χ1) is 20.2. The first-order valence-electron chi connectivity index (χ1n) is 14.3. The van der Waals surface area contributed by atoms with E-state index in [9.17, 15) is 18.6 Å². The first-order valence-corrected chi connectivity index (χ1v) is 15.8. The van der Waals surface area contributed by atoms with Crippen molar-refractivity contribution in [1.29, 1.82) is 0 Å². The summed E-state index contributed by atoms with van der Waals surface area (Å²) in [5.41, 5.74) is 2.06. The Morgan fingerprint density at radius 3 is 2.71 bits per heavy atom. The number of nitrogens with one attached hydrogen (secondary N) is 1. The fourth-order valence-corrected chi connectivity index (χ4v) is 6.61. The van der Waals surface area contributed by atoms with Gasteiger partial charge in [0.1, 0.15) is 17.7 Å². The van der Waals surface area contributed by atoms with Crippen molar-refractivity contribution in [3.8, 4) is 23.2 Å². The lowest BCUT2D eigenvalue weighted by atomic mass is 9.81. The quantitative estimate of drug-likeness (QED) is 0.346. The predicted octanol–water partition coefficient (Wildman–Crippen LogP) is 2.31. The number of hydrogen-bond donors (Lipinski definition) is 3. The lowest BCUT2D eigenvalue weighted by molar-refractivity contribution is -0.0168. The van der Waals surface area contributed by atoms with Crippen LogP contribution in [0.25, 0.3) is 11.4 Å².